The van der Waals surface area contributed by atoms with Crippen molar-refractivity contribution >= 4 is 6.08 Å². The quantitative estimate of drug-likeness (QED) is 0.709. The lowest BCUT2D eigenvalue weighted by Gasteiger charge is -1.92. The lowest BCUT2D eigenvalue weighted by molar-refractivity contribution is 1.26. The van der Waals surface area contributed by atoms with E-state index in [-0.39, 0.29) is 0 Å². The second-order valence-electron chi connectivity index (χ2n) is 2.38. The highest BCUT2D eigenvalue weighted by Gasteiger charge is 1.89. The average Bonchev–Trinajstić information content (AvgIpc) is 2.15. The standard InChI is InChI=1S/C10H10N2/c11-6-2-5-9-3-1-4-10(7-9)8-12/h1-5,7H,6,11H2. The van der Waals surface area contributed by atoms with Gasteiger partial charge in [0.2, 0.25) is 0 Å². The van der Waals surface area contributed by atoms with Crippen molar-refractivity contribution in [2.75, 3.05) is 6.54 Å². The number of benzene rings is 1. The first kappa shape index (κ1) is 8.51. The summed E-state index contributed by atoms with van der Waals surface area (Å²) in [5, 5.41) is 8.59. The highest BCUT2D eigenvalue weighted by molar-refractivity contribution is 5.52. The Labute approximate surface area is 71.9 Å². The normalized spacial score (nSPS) is 10.0. The second kappa shape index (κ2) is 4.32. The van der Waals surface area contributed by atoms with Gasteiger partial charge in [-0.2, -0.15) is 5.26 Å². The minimum absolute atomic E-state index is 0.525. The summed E-state index contributed by atoms with van der Waals surface area (Å²) in [6, 6.07) is 9.48. The van der Waals surface area contributed by atoms with Crippen molar-refractivity contribution < 1.29 is 0 Å². The van der Waals surface area contributed by atoms with E-state index in [1.54, 1.807) is 6.07 Å². The molecule has 0 aliphatic heterocycles. The minimum Gasteiger partial charge on any atom is -0.327 e. The van der Waals surface area contributed by atoms with E-state index in [0.717, 1.165) is 5.56 Å². The van der Waals surface area contributed by atoms with Gasteiger partial charge in [0.05, 0.1) is 11.6 Å². The molecule has 2 heteroatoms. The number of nitrogens with two attached hydrogens (primary N) is 1. The van der Waals surface area contributed by atoms with Crippen LogP contribution in [-0.4, -0.2) is 6.54 Å². The predicted octanol–water partition coefficient (Wildman–Crippen LogP) is 1.53. The van der Waals surface area contributed by atoms with E-state index in [2.05, 4.69) is 6.07 Å². The van der Waals surface area contributed by atoms with Gasteiger partial charge >= 0.3 is 0 Å². The van der Waals surface area contributed by atoms with Crippen LogP contribution in [0.25, 0.3) is 6.08 Å². The van der Waals surface area contributed by atoms with Crippen LogP contribution in [0.4, 0.5) is 0 Å². The molecule has 0 aliphatic carbocycles. The maximum atomic E-state index is 8.59. The third-order valence-electron chi connectivity index (χ3n) is 1.46. The molecule has 1 rings (SSSR count). The van der Waals surface area contributed by atoms with Gasteiger partial charge in [-0.15, -0.1) is 0 Å². The van der Waals surface area contributed by atoms with Gasteiger partial charge in [0.1, 0.15) is 0 Å². The molecule has 1 aromatic rings. The first-order valence-electron chi connectivity index (χ1n) is 3.73. The molecule has 2 N–H and O–H groups in total. The number of nitrogens with zero attached hydrogens (tertiary/aromatic N) is 1. The van der Waals surface area contributed by atoms with Gasteiger partial charge in [-0.05, 0) is 17.7 Å². The molecule has 0 spiro atoms. The second-order valence-corrected chi connectivity index (χ2v) is 2.38. The van der Waals surface area contributed by atoms with E-state index in [4.69, 9.17) is 11.0 Å². The Balaban J connectivity index is 2.88. The molecule has 1 aromatic carbocycles. The van der Waals surface area contributed by atoms with Crippen LogP contribution in [0.2, 0.25) is 0 Å². The molecule has 0 radical (unpaired) electrons. The molecule has 0 amide bonds. The van der Waals surface area contributed by atoms with Crippen LogP contribution >= 0.6 is 0 Å². The first-order valence-corrected chi connectivity index (χ1v) is 3.73. The fourth-order valence-electron chi connectivity index (χ4n) is 0.916. The summed E-state index contributed by atoms with van der Waals surface area (Å²) < 4.78 is 0. The van der Waals surface area contributed by atoms with E-state index in [1.807, 2.05) is 30.4 Å². The van der Waals surface area contributed by atoms with E-state index < -0.39 is 0 Å². The highest BCUT2D eigenvalue weighted by atomic mass is 14.5. The smallest absolute Gasteiger partial charge is 0.0991 e. The van der Waals surface area contributed by atoms with E-state index in [0.29, 0.717) is 12.1 Å². The lowest BCUT2D eigenvalue weighted by atomic mass is 10.1. The molecular weight excluding hydrogens is 148 g/mol. The molecule has 0 aliphatic rings. The van der Waals surface area contributed by atoms with Crippen LogP contribution in [0.15, 0.2) is 30.3 Å². The molecule has 0 aromatic heterocycles. The molecule has 0 fully saturated rings. The predicted molar refractivity (Wildman–Crippen MR) is 49.2 cm³/mol. The Morgan fingerprint density at radius 1 is 1.50 bits per heavy atom. The van der Waals surface area contributed by atoms with Crippen LogP contribution < -0.4 is 5.73 Å². The van der Waals surface area contributed by atoms with Crippen LogP contribution in [-0.2, 0) is 0 Å². The maximum Gasteiger partial charge on any atom is 0.0991 e. The molecule has 0 saturated heterocycles. The molecule has 0 unspecified atom stereocenters. The molecule has 12 heavy (non-hydrogen) atoms. The molecule has 2 nitrogen and oxygen atoms in total. The van der Waals surface area contributed by atoms with Crippen molar-refractivity contribution in [3.05, 3.63) is 41.5 Å². The van der Waals surface area contributed by atoms with Gasteiger partial charge in [-0.25, -0.2) is 0 Å². The third kappa shape index (κ3) is 2.22. The SMILES string of the molecule is N#Cc1cccc(C=CCN)c1. The van der Waals surface area contributed by atoms with Gasteiger partial charge in [0, 0.05) is 6.54 Å². The third-order valence-corrected chi connectivity index (χ3v) is 1.46. The Hall–Kier alpha value is -1.59. The van der Waals surface area contributed by atoms with Gasteiger partial charge < -0.3 is 5.73 Å². The van der Waals surface area contributed by atoms with Crippen molar-refractivity contribution in [2.24, 2.45) is 5.73 Å². The monoisotopic (exact) mass is 158 g/mol. The largest absolute Gasteiger partial charge is 0.327 e. The van der Waals surface area contributed by atoms with Gasteiger partial charge in [-0.3, -0.25) is 0 Å². The molecule has 0 saturated carbocycles. The molecule has 60 valence electrons. The average molecular weight is 158 g/mol. The van der Waals surface area contributed by atoms with Crippen molar-refractivity contribution in [3.63, 3.8) is 0 Å². The van der Waals surface area contributed by atoms with Crippen molar-refractivity contribution in [3.8, 4) is 6.07 Å². The van der Waals surface area contributed by atoms with Crippen LogP contribution in [0.1, 0.15) is 11.1 Å². The zero-order valence-electron chi connectivity index (χ0n) is 6.70. The summed E-state index contributed by atoms with van der Waals surface area (Å²) in [4.78, 5) is 0. The molecule has 0 bridgehead atoms. The van der Waals surface area contributed by atoms with E-state index in [1.165, 1.54) is 0 Å². The van der Waals surface area contributed by atoms with E-state index in [9.17, 15) is 0 Å². The van der Waals surface area contributed by atoms with Gasteiger partial charge in [-0.1, -0.05) is 24.3 Å². The summed E-state index contributed by atoms with van der Waals surface area (Å²) in [6.07, 6.45) is 3.76. The molecule has 0 atom stereocenters. The van der Waals surface area contributed by atoms with Gasteiger partial charge in [0.25, 0.3) is 0 Å². The van der Waals surface area contributed by atoms with Crippen molar-refractivity contribution in [1.29, 1.82) is 5.26 Å². The maximum absolute atomic E-state index is 8.59. The summed E-state index contributed by atoms with van der Waals surface area (Å²) in [7, 11) is 0. The Morgan fingerprint density at radius 3 is 3.00 bits per heavy atom. The number of hydrogen-bond acceptors (Lipinski definition) is 2. The van der Waals surface area contributed by atoms with Gasteiger partial charge in [0.15, 0.2) is 0 Å². The lowest BCUT2D eigenvalue weighted by Crippen LogP contribution is -1.91. The Morgan fingerprint density at radius 2 is 2.33 bits per heavy atom. The summed E-state index contributed by atoms with van der Waals surface area (Å²) in [5.41, 5.74) is 6.98. The first-order chi connectivity index (χ1) is 5.86. The highest BCUT2D eigenvalue weighted by Crippen LogP contribution is 2.05. The Kier molecular flexibility index (Phi) is 3.06. The summed E-state index contributed by atoms with van der Waals surface area (Å²) in [5.74, 6) is 0. The fourth-order valence-corrected chi connectivity index (χ4v) is 0.916. The fraction of sp³-hybridized carbons (Fsp3) is 0.100. The number of rotatable bonds is 2. The Bertz CT molecular complexity index is 321. The van der Waals surface area contributed by atoms with Crippen LogP contribution in [0, 0.1) is 11.3 Å². The zero-order valence-corrected chi connectivity index (χ0v) is 6.70. The van der Waals surface area contributed by atoms with Crippen molar-refractivity contribution in [2.45, 2.75) is 0 Å². The topological polar surface area (TPSA) is 49.8 Å². The number of hydrogen-bond donors (Lipinski definition) is 1. The molecular formula is C10H10N2. The van der Waals surface area contributed by atoms with Crippen LogP contribution in [0.3, 0.4) is 0 Å². The summed E-state index contributed by atoms with van der Waals surface area (Å²) in [6.45, 7) is 0.525. The van der Waals surface area contributed by atoms with E-state index >= 15 is 0 Å². The number of nitriles is 1. The molecule has 0 heterocycles. The van der Waals surface area contributed by atoms with Crippen molar-refractivity contribution in [1.82, 2.24) is 0 Å². The summed E-state index contributed by atoms with van der Waals surface area (Å²) >= 11 is 0. The zero-order chi connectivity index (χ0) is 8.81. The van der Waals surface area contributed by atoms with Crippen LogP contribution in [0.5, 0.6) is 0 Å². The minimum atomic E-state index is 0.525.